The number of rotatable bonds is 3. The molecule has 94 valence electrons. The number of halogens is 3. The van der Waals surface area contributed by atoms with E-state index in [0.29, 0.717) is 11.3 Å². The number of hydrogen-bond acceptors (Lipinski definition) is 1. The predicted octanol–water partition coefficient (Wildman–Crippen LogP) is 4.02. The summed E-state index contributed by atoms with van der Waals surface area (Å²) in [7, 11) is 0. The highest BCUT2D eigenvalue weighted by molar-refractivity contribution is 5.51. The van der Waals surface area contributed by atoms with Gasteiger partial charge in [0.05, 0.1) is 0 Å². The van der Waals surface area contributed by atoms with Crippen molar-refractivity contribution in [3.05, 3.63) is 65.0 Å². The fraction of sp³-hybridized carbons (Fsp3) is 0.143. The summed E-state index contributed by atoms with van der Waals surface area (Å²) in [4.78, 5) is 0. The molecule has 0 aliphatic carbocycles. The van der Waals surface area contributed by atoms with Crippen LogP contribution in [0.1, 0.15) is 11.1 Å². The van der Waals surface area contributed by atoms with Crippen molar-refractivity contribution in [2.24, 2.45) is 0 Å². The fourth-order valence-corrected chi connectivity index (χ4v) is 1.69. The Kier molecular flexibility index (Phi) is 3.55. The molecule has 0 saturated heterocycles. The zero-order valence-electron chi connectivity index (χ0n) is 9.81. The average Bonchev–Trinajstić information content (AvgIpc) is 2.29. The van der Waals surface area contributed by atoms with Crippen LogP contribution in [0.4, 0.5) is 18.9 Å². The molecule has 2 aromatic rings. The summed E-state index contributed by atoms with van der Waals surface area (Å²) in [6, 6.07) is 7.66. The van der Waals surface area contributed by atoms with Crippen molar-refractivity contribution in [2.45, 2.75) is 13.5 Å². The van der Waals surface area contributed by atoms with Crippen LogP contribution in [-0.2, 0) is 6.54 Å². The Morgan fingerprint density at radius 1 is 0.889 bits per heavy atom. The summed E-state index contributed by atoms with van der Waals surface area (Å²) in [5.41, 5.74) is 1.95. The van der Waals surface area contributed by atoms with Gasteiger partial charge < -0.3 is 5.32 Å². The third-order valence-electron chi connectivity index (χ3n) is 2.60. The largest absolute Gasteiger partial charge is 0.381 e. The van der Waals surface area contributed by atoms with Gasteiger partial charge in [0.1, 0.15) is 17.5 Å². The van der Waals surface area contributed by atoms with Crippen LogP contribution < -0.4 is 5.32 Å². The molecule has 0 saturated carbocycles. The molecule has 0 aliphatic rings. The molecule has 0 heterocycles. The average molecular weight is 251 g/mol. The summed E-state index contributed by atoms with van der Waals surface area (Å²) in [6.07, 6.45) is 0. The first-order chi connectivity index (χ1) is 8.54. The maximum Gasteiger partial charge on any atom is 0.126 e. The van der Waals surface area contributed by atoms with E-state index in [4.69, 9.17) is 0 Å². The summed E-state index contributed by atoms with van der Waals surface area (Å²) in [6.45, 7) is 2.06. The van der Waals surface area contributed by atoms with E-state index in [1.807, 2.05) is 6.92 Å². The van der Waals surface area contributed by atoms with Crippen molar-refractivity contribution in [3.8, 4) is 0 Å². The van der Waals surface area contributed by atoms with Gasteiger partial charge in [-0.2, -0.15) is 0 Å². The SMILES string of the molecule is Cc1ccc(F)cc1NCc1cc(F)cc(F)c1. The van der Waals surface area contributed by atoms with Gasteiger partial charge in [-0.15, -0.1) is 0 Å². The van der Waals surface area contributed by atoms with Crippen LogP contribution in [0.2, 0.25) is 0 Å². The lowest BCUT2D eigenvalue weighted by Gasteiger charge is -2.10. The van der Waals surface area contributed by atoms with Crippen molar-refractivity contribution in [2.75, 3.05) is 5.32 Å². The van der Waals surface area contributed by atoms with Gasteiger partial charge in [-0.1, -0.05) is 6.07 Å². The third-order valence-corrected chi connectivity index (χ3v) is 2.60. The molecule has 1 N–H and O–H groups in total. The van der Waals surface area contributed by atoms with E-state index in [0.717, 1.165) is 11.6 Å². The second-order valence-corrected chi connectivity index (χ2v) is 4.09. The molecular formula is C14H12F3N. The minimum absolute atomic E-state index is 0.235. The number of nitrogens with one attached hydrogen (secondary N) is 1. The Morgan fingerprint density at radius 3 is 2.22 bits per heavy atom. The molecule has 0 fully saturated rings. The van der Waals surface area contributed by atoms with Gasteiger partial charge in [0, 0.05) is 18.3 Å². The topological polar surface area (TPSA) is 12.0 Å². The van der Waals surface area contributed by atoms with Gasteiger partial charge in [0.25, 0.3) is 0 Å². The summed E-state index contributed by atoms with van der Waals surface area (Å²) < 4.78 is 39.0. The van der Waals surface area contributed by atoms with Crippen molar-refractivity contribution < 1.29 is 13.2 Å². The Morgan fingerprint density at radius 2 is 1.56 bits per heavy atom. The number of benzene rings is 2. The minimum atomic E-state index is -0.622. The lowest BCUT2D eigenvalue weighted by molar-refractivity contribution is 0.580. The zero-order chi connectivity index (χ0) is 13.1. The van der Waals surface area contributed by atoms with Crippen LogP contribution in [0.5, 0.6) is 0 Å². The third kappa shape index (κ3) is 3.03. The van der Waals surface area contributed by atoms with Gasteiger partial charge in [-0.3, -0.25) is 0 Å². The molecule has 0 radical (unpaired) electrons. The Hall–Kier alpha value is -1.97. The number of aryl methyl sites for hydroxylation is 1. The molecule has 0 unspecified atom stereocenters. The molecular weight excluding hydrogens is 239 g/mol. The van der Waals surface area contributed by atoms with Crippen LogP contribution in [0.3, 0.4) is 0 Å². The number of hydrogen-bond donors (Lipinski definition) is 1. The molecule has 0 aliphatic heterocycles. The van der Waals surface area contributed by atoms with Gasteiger partial charge >= 0.3 is 0 Å². The van der Waals surface area contributed by atoms with Gasteiger partial charge in [0.2, 0.25) is 0 Å². The van der Waals surface area contributed by atoms with E-state index >= 15 is 0 Å². The van der Waals surface area contributed by atoms with Crippen LogP contribution in [0.15, 0.2) is 36.4 Å². The van der Waals surface area contributed by atoms with E-state index in [-0.39, 0.29) is 12.4 Å². The number of anilines is 1. The van der Waals surface area contributed by atoms with E-state index in [1.54, 1.807) is 6.07 Å². The summed E-state index contributed by atoms with van der Waals surface area (Å²) in [5, 5.41) is 2.95. The Balaban J connectivity index is 2.13. The second kappa shape index (κ2) is 5.12. The van der Waals surface area contributed by atoms with Gasteiger partial charge in [-0.05, 0) is 42.3 Å². The summed E-state index contributed by atoms with van der Waals surface area (Å²) in [5.74, 6) is -1.60. The smallest absolute Gasteiger partial charge is 0.126 e. The molecule has 2 rings (SSSR count). The maximum atomic E-state index is 13.0. The van der Waals surface area contributed by atoms with Crippen molar-refractivity contribution in [3.63, 3.8) is 0 Å². The first-order valence-corrected chi connectivity index (χ1v) is 5.49. The first kappa shape index (κ1) is 12.5. The maximum absolute atomic E-state index is 13.0. The highest BCUT2D eigenvalue weighted by Crippen LogP contribution is 2.17. The van der Waals surface area contributed by atoms with Crippen molar-refractivity contribution in [1.29, 1.82) is 0 Å². The molecule has 0 bridgehead atoms. The van der Waals surface area contributed by atoms with E-state index in [2.05, 4.69) is 5.32 Å². The normalized spacial score (nSPS) is 10.4. The van der Waals surface area contributed by atoms with Crippen LogP contribution in [0, 0.1) is 24.4 Å². The minimum Gasteiger partial charge on any atom is -0.381 e. The van der Waals surface area contributed by atoms with E-state index in [1.165, 1.54) is 24.3 Å². The highest BCUT2D eigenvalue weighted by atomic mass is 19.1. The molecule has 1 nitrogen and oxygen atoms in total. The molecule has 0 aromatic heterocycles. The molecule has 2 aromatic carbocycles. The quantitative estimate of drug-likeness (QED) is 0.868. The predicted molar refractivity (Wildman–Crippen MR) is 64.8 cm³/mol. The Labute approximate surface area is 103 Å². The molecule has 18 heavy (non-hydrogen) atoms. The zero-order valence-corrected chi connectivity index (χ0v) is 9.81. The van der Waals surface area contributed by atoms with Crippen molar-refractivity contribution in [1.82, 2.24) is 0 Å². The highest BCUT2D eigenvalue weighted by Gasteiger charge is 2.03. The Bertz CT molecular complexity index is 547. The van der Waals surface area contributed by atoms with Gasteiger partial charge in [-0.25, -0.2) is 13.2 Å². The lowest BCUT2D eigenvalue weighted by atomic mass is 10.1. The molecule has 0 spiro atoms. The van der Waals surface area contributed by atoms with Crippen LogP contribution in [0.25, 0.3) is 0 Å². The molecule has 0 amide bonds. The first-order valence-electron chi connectivity index (χ1n) is 5.49. The monoisotopic (exact) mass is 251 g/mol. The van der Waals surface area contributed by atoms with Crippen LogP contribution in [-0.4, -0.2) is 0 Å². The molecule has 0 atom stereocenters. The standard InChI is InChI=1S/C14H12F3N/c1-9-2-3-11(15)7-14(9)18-8-10-4-12(16)6-13(17)5-10/h2-7,18H,8H2,1H3. The second-order valence-electron chi connectivity index (χ2n) is 4.09. The van der Waals surface area contributed by atoms with E-state index < -0.39 is 11.6 Å². The van der Waals surface area contributed by atoms with Crippen molar-refractivity contribution >= 4 is 5.69 Å². The fourth-order valence-electron chi connectivity index (χ4n) is 1.69. The molecule has 4 heteroatoms. The summed E-state index contributed by atoms with van der Waals surface area (Å²) >= 11 is 0. The van der Waals surface area contributed by atoms with Gasteiger partial charge in [0.15, 0.2) is 0 Å². The van der Waals surface area contributed by atoms with E-state index in [9.17, 15) is 13.2 Å². The lowest BCUT2D eigenvalue weighted by Crippen LogP contribution is -2.02. The van der Waals surface area contributed by atoms with Crippen LogP contribution >= 0.6 is 0 Å².